The number of rotatable bonds is 5. The van der Waals surface area contributed by atoms with Gasteiger partial charge in [0.25, 0.3) is 0 Å². The highest BCUT2D eigenvalue weighted by Gasteiger charge is 2.41. The summed E-state index contributed by atoms with van der Waals surface area (Å²) < 4.78 is 44.4. The number of carboxylic acids is 1. The largest absolute Gasteiger partial charge is 0.490 e. The maximum Gasteiger partial charge on any atom is 0.391 e. The second kappa shape index (κ2) is 8.46. The predicted molar refractivity (Wildman–Crippen MR) is 107 cm³/mol. The van der Waals surface area contributed by atoms with E-state index in [1.807, 2.05) is 30.3 Å². The Labute approximate surface area is 173 Å². The first-order chi connectivity index (χ1) is 14.3. The summed E-state index contributed by atoms with van der Waals surface area (Å²) in [7, 11) is 0. The maximum atomic E-state index is 12.8. The van der Waals surface area contributed by atoms with Gasteiger partial charge in [0.2, 0.25) is 0 Å². The summed E-state index contributed by atoms with van der Waals surface area (Å²) in [6, 6.07) is 11.9. The monoisotopic (exact) mass is 421 g/mol. The van der Waals surface area contributed by atoms with Crippen molar-refractivity contribution in [2.45, 2.75) is 50.9 Å². The van der Waals surface area contributed by atoms with Crippen LogP contribution >= 0.6 is 0 Å². The number of carboxylic acid groups (broad SMARTS) is 1. The quantitative estimate of drug-likeness (QED) is 0.717. The molecule has 7 heteroatoms. The average Bonchev–Trinajstić information content (AvgIpc) is 3.17. The van der Waals surface area contributed by atoms with Gasteiger partial charge in [0.05, 0.1) is 17.9 Å². The van der Waals surface area contributed by atoms with E-state index < -0.39 is 18.1 Å². The number of halogens is 3. The van der Waals surface area contributed by atoms with Gasteiger partial charge in [-0.1, -0.05) is 18.2 Å². The van der Waals surface area contributed by atoms with Gasteiger partial charge in [-0.05, 0) is 73.2 Å². The fourth-order valence-corrected chi connectivity index (χ4v) is 4.58. The molecule has 4 rings (SSSR count). The van der Waals surface area contributed by atoms with Crippen molar-refractivity contribution >= 4 is 16.7 Å². The molecule has 162 valence electrons. The van der Waals surface area contributed by atoms with Crippen LogP contribution in [0.5, 0.6) is 5.75 Å². The van der Waals surface area contributed by atoms with Gasteiger partial charge in [-0.15, -0.1) is 0 Å². The number of hydrogen-bond acceptors (Lipinski definition) is 3. The Morgan fingerprint density at radius 1 is 1.03 bits per heavy atom. The van der Waals surface area contributed by atoms with Gasteiger partial charge >= 0.3 is 12.1 Å². The van der Waals surface area contributed by atoms with Gasteiger partial charge in [0.15, 0.2) is 0 Å². The molecule has 0 bridgehead atoms. The average molecular weight is 421 g/mol. The Morgan fingerprint density at radius 3 is 2.40 bits per heavy atom. The number of carbonyl (C=O) groups is 1. The highest BCUT2D eigenvalue weighted by Crippen LogP contribution is 2.38. The lowest BCUT2D eigenvalue weighted by atomic mass is 9.87. The molecule has 30 heavy (non-hydrogen) atoms. The van der Waals surface area contributed by atoms with Crippen LogP contribution in [0.2, 0.25) is 0 Å². The smallest absolute Gasteiger partial charge is 0.391 e. The second-order valence-electron chi connectivity index (χ2n) is 8.54. The number of fused-ring (bicyclic) bond motifs is 1. The van der Waals surface area contributed by atoms with E-state index in [0.29, 0.717) is 31.6 Å². The Kier molecular flexibility index (Phi) is 5.91. The van der Waals surface area contributed by atoms with Crippen LogP contribution in [0.25, 0.3) is 10.8 Å². The van der Waals surface area contributed by atoms with Gasteiger partial charge in [-0.2, -0.15) is 13.2 Å². The number of hydrogen-bond donors (Lipinski definition) is 1. The van der Waals surface area contributed by atoms with Crippen molar-refractivity contribution in [2.75, 3.05) is 13.1 Å². The van der Waals surface area contributed by atoms with Crippen LogP contribution in [0.1, 0.15) is 37.7 Å². The molecule has 4 nitrogen and oxygen atoms in total. The van der Waals surface area contributed by atoms with Crippen molar-refractivity contribution in [3.05, 3.63) is 42.0 Å². The fraction of sp³-hybridized carbons (Fsp3) is 0.522. The maximum absolute atomic E-state index is 12.8. The SMILES string of the molecule is O=C(O)[C@@H]1CCN(Cc2ccc3cc(O[C@H]4CC[C@@H](C(F)(F)F)CC4)ccc3c2)C1. The molecular weight excluding hydrogens is 395 g/mol. The summed E-state index contributed by atoms with van der Waals surface area (Å²) in [6.45, 7) is 2.09. The van der Waals surface area contributed by atoms with Crippen LogP contribution in [-0.4, -0.2) is 41.3 Å². The molecule has 1 saturated heterocycles. The Balaban J connectivity index is 1.36. The van der Waals surface area contributed by atoms with Crippen molar-refractivity contribution in [2.24, 2.45) is 11.8 Å². The topological polar surface area (TPSA) is 49.8 Å². The van der Waals surface area contributed by atoms with Crippen LogP contribution in [-0.2, 0) is 11.3 Å². The van der Waals surface area contributed by atoms with E-state index in [1.165, 1.54) is 0 Å². The lowest BCUT2D eigenvalue weighted by Crippen LogP contribution is -2.31. The highest BCUT2D eigenvalue weighted by molar-refractivity contribution is 5.84. The number of benzene rings is 2. The molecule has 2 fully saturated rings. The summed E-state index contributed by atoms with van der Waals surface area (Å²) in [6.07, 6.45) is -2.47. The number of ether oxygens (including phenoxy) is 1. The molecule has 1 atom stereocenters. The van der Waals surface area contributed by atoms with Crippen LogP contribution in [0.3, 0.4) is 0 Å². The van der Waals surface area contributed by atoms with E-state index in [0.717, 1.165) is 29.4 Å². The lowest BCUT2D eigenvalue weighted by molar-refractivity contribution is -0.185. The minimum atomic E-state index is -4.10. The van der Waals surface area contributed by atoms with Crippen LogP contribution in [0.15, 0.2) is 36.4 Å². The molecule has 1 N–H and O–H groups in total. The zero-order valence-corrected chi connectivity index (χ0v) is 16.7. The van der Waals surface area contributed by atoms with Crippen molar-refractivity contribution in [3.8, 4) is 5.75 Å². The van der Waals surface area contributed by atoms with Crippen molar-refractivity contribution in [3.63, 3.8) is 0 Å². The number of nitrogens with zero attached hydrogens (tertiary/aromatic N) is 1. The minimum Gasteiger partial charge on any atom is -0.490 e. The van der Waals surface area contributed by atoms with Gasteiger partial charge in [0, 0.05) is 13.1 Å². The molecule has 2 aliphatic rings. The predicted octanol–water partition coefficient (Wildman–Crippen LogP) is 5.25. The molecule has 2 aromatic rings. The Bertz CT molecular complexity index is 906. The van der Waals surface area contributed by atoms with Crippen molar-refractivity contribution in [1.29, 1.82) is 0 Å². The summed E-state index contributed by atoms with van der Waals surface area (Å²) >= 11 is 0. The third-order valence-corrected chi connectivity index (χ3v) is 6.34. The highest BCUT2D eigenvalue weighted by atomic mass is 19.4. The number of aliphatic carboxylic acids is 1. The van der Waals surface area contributed by atoms with E-state index in [2.05, 4.69) is 11.0 Å². The minimum absolute atomic E-state index is 0.129. The molecule has 0 spiro atoms. The van der Waals surface area contributed by atoms with E-state index >= 15 is 0 Å². The molecule has 2 aromatic carbocycles. The summed E-state index contributed by atoms with van der Waals surface area (Å²) in [4.78, 5) is 13.3. The lowest BCUT2D eigenvalue weighted by Gasteiger charge is -2.30. The molecule has 0 unspecified atom stereocenters. The molecule has 1 heterocycles. The summed E-state index contributed by atoms with van der Waals surface area (Å²) in [5.41, 5.74) is 1.13. The Hall–Kier alpha value is -2.28. The molecule has 1 saturated carbocycles. The molecular formula is C23H26F3NO3. The molecule has 1 aliphatic carbocycles. The number of alkyl halides is 3. The number of likely N-dealkylation sites (tertiary alicyclic amines) is 1. The van der Waals surface area contributed by atoms with E-state index in [1.54, 1.807) is 0 Å². The summed E-state index contributed by atoms with van der Waals surface area (Å²) in [5.74, 6) is -1.52. The molecule has 0 aromatic heterocycles. The van der Waals surface area contributed by atoms with Gasteiger partial charge in [0.1, 0.15) is 5.75 Å². The Morgan fingerprint density at radius 2 is 1.73 bits per heavy atom. The van der Waals surface area contributed by atoms with Crippen LogP contribution in [0, 0.1) is 11.8 Å². The molecule has 1 aliphatic heterocycles. The van der Waals surface area contributed by atoms with Crippen molar-refractivity contribution in [1.82, 2.24) is 4.90 Å². The van der Waals surface area contributed by atoms with Gasteiger partial charge in [-0.3, -0.25) is 9.69 Å². The first-order valence-electron chi connectivity index (χ1n) is 10.5. The van der Waals surface area contributed by atoms with Crippen LogP contribution < -0.4 is 4.74 Å². The first kappa shape index (κ1) is 21.0. The van der Waals surface area contributed by atoms with E-state index in [9.17, 15) is 18.0 Å². The normalized spacial score (nSPS) is 25.5. The third-order valence-electron chi connectivity index (χ3n) is 6.34. The standard InChI is InChI=1S/C23H26F3NO3/c24-23(25,26)19-4-7-20(8-5-19)30-21-6-3-16-11-15(1-2-17(16)12-21)13-27-10-9-18(14-27)22(28)29/h1-3,6,11-12,18-20H,4-5,7-10,13-14H2,(H,28,29)/t18-,19-,20+/m1/s1. The third kappa shape index (κ3) is 4.89. The van der Waals surface area contributed by atoms with Gasteiger partial charge < -0.3 is 9.84 Å². The second-order valence-corrected chi connectivity index (χ2v) is 8.54. The van der Waals surface area contributed by atoms with Crippen molar-refractivity contribution < 1.29 is 27.8 Å². The molecule has 0 amide bonds. The van der Waals surface area contributed by atoms with E-state index in [-0.39, 0.29) is 24.9 Å². The first-order valence-corrected chi connectivity index (χ1v) is 10.5. The van der Waals surface area contributed by atoms with Gasteiger partial charge in [-0.25, -0.2) is 0 Å². The molecule has 0 radical (unpaired) electrons. The van der Waals surface area contributed by atoms with E-state index in [4.69, 9.17) is 9.84 Å². The summed E-state index contributed by atoms with van der Waals surface area (Å²) in [5, 5.41) is 11.2. The van der Waals surface area contributed by atoms with Crippen LogP contribution in [0.4, 0.5) is 13.2 Å². The zero-order chi connectivity index (χ0) is 21.3. The zero-order valence-electron chi connectivity index (χ0n) is 16.7. The fourth-order valence-electron chi connectivity index (χ4n) is 4.58.